The maximum Gasteiger partial charge on any atom is 0.236 e. The Hall–Kier alpha value is -0.940. The van der Waals surface area contributed by atoms with Gasteiger partial charge in [-0.3, -0.25) is 4.79 Å². The summed E-state index contributed by atoms with van der Waals surface area (Å²) in [5.74, 6) is -0.224. The molecule has 1 saturated heterocycles. The van der Waals surface area contributed by atoms with Crippen molar-refractivity contribution >= 4 is 21.8 Å². The summed E-state index contributed by atoms with van der Waals surface area (Å²) in [5, 5.41) is 3.00. The zero-order valence-corrected chi connectivity index (χ0v) is 10.3. The minimum absolute atomic E-state index is 0.0617. The topological polar surface area (TPSA) is 32.3 Å². The van der Waals surface area contributed by atoms with Gasteiger partial charge < -0.3 is 10.2 Å². The second-order valence-corrected chi connectivity index (χ2v) is 4.69. The fourth-order valence-electron chi connectivity index (χ4n) is 1.74. The molecule has 0 radical (unpaired) electrons. The Morgan fingerprint density at radius 1 is 1.44 bits per heavy atom. The lowest BCUT2D eigenvalue weighted by atomic mass is 10.2. The van der Waals surface area contributed by atoms with E-state index in [9.17, 15) is 9.18 Å². The van der Waals surface area contributed by atoms with Crippen LogP contribution in [0.25, 0.3) is 0 Å². The first-order valence-corrected chi connectivity index (χ1v) is 5.88. The van der Waals surface area contributed by atoms with Gasteiger partial charge in [0.25, 0.3) is 0 Å². The standard InChI is InChI=1S/C11H12BrFN2O/c12-9-3-8(4-10(13)5-9)7-15-2-1-14-6-11(15)16/h3-5,14H,1-2,6-7H2. The van der Waals surface area contributed by atoms with Crippen LogP contribution in [0.4, 0.5) is 4.39 Å². The van der Waals surface area contributed by atoms with Crippen molar-refractivity contribution in [3.8, 4) is 0 Å². The zero-order chi connectivity index (χ0) is 11.5. The van der Waals surface area contributed by atoms with Gasteiger partial charge in [-0.2, -0.15) is 0 Å². The summed E-state index contributed by atoms with van der Waals surface area (Å²) in [7, 11) is 0. The van der Waals surface area contributed by atoms with Crippen molar-refractivity contribution in [2.24, 2.45) is 0 Å². The van der Waals surface area contributed by atoms with E-state index in [0.717, 1.165) is 12.1 Å². The van der Waals surface area contributed by atoms with Crippen LogP contribution < -0.4 is 5.32 Å². The molecule has 86 valence electrons. The quantitative estimate of drug-likeness (QED) is 0.894. The Bertz CT molecular complexity index is 391. The number of nitrogens with zero attached hydrogens (tertiary/aromatic N) is 1. The molecule has 0 aromatic heterocycles. The number of hydrogen-bond acceptors (Lipinski definition) is 2. The van der Waals surface area contributed by atoms with Crippen molar-refractivity contribution in [1.82, 2.24) is 10.2 Å². The molecular weight excluding hydrogens is 275 g/mol. The molecule has 1 aliphatic heterocycles. The van der Waals surface area contributed by atoms with Crippen LogP contribution >= 0.6 is 15.9 Å². The van der Waals surface area contributed by atoms with Gasteiger partial charge in [-0.05, 0) is 23.8 Å². The number of halogens is 2. The molecule has 0 unspecified atom stereocenters. The molecule has 1 N–H and O–H groups in total. The van der Waals surface area contributed by atoms with Gasteiger partial charge in [-0.1, -0.05) is 15.9 Å². The van der Waals surface area contributed by atoms with E-state index in [1.165, 1.54) is 12.1 Å². The lowest BCUT2D eigenvalue weighted by molar-refractivity contribution is -0.132. The molecule has 16 heavy (non-hydrogen) atoms. The van der Waals surface area contributed by atoms with Gasteiger partial charge in [0.05, 0.1) is 6.54 Å². The molecule has 3 nitrogen and oxygen atoms in total. The van der Waals surface area contributed by atoms with Gasteiger partial charge in [0.1, 0.15) is 5.82 Å². The highest BCUT2D eigenvalue weighted by Crippen LogP contribution is 2.16. The predicted octanol–water partition coefficient (Wildman–Crippen LogP) is 1.52. The average Bonchev–Trinajstić information content (AvgIpc) is 2.20. The van der Waals surface area contributed by atoms with E-state index in [1.54, 1.807) is 4.90 Å². The number of carbonyl (C=O) groups is 1. The van der Waals surface area contributed by atoms with Crippen LogP contribution in [-0.2, 0) is 11.3 Å². The van der Waals surface area contributed by atoms with Crippen LogP contribution in [0, 0.1) is 5.82 Å². The third-order valence-corrected chi connectivity index (χ3v) is 2.94. The van der Waals surface area contributed by atoms with Crippen LogP contribution in [0.5, 0.6) is 0 Å². The van der Waals surface area contributed by atoms with Gasteiger partial charge in [-0.25, -0.2) is 4.39 Å². The third kappa shape index (κ3) is 2.80. The Morgan fingerprint density at radius 3 is 2.94 bits per heavy atom. The number of carbonyl (C=O) groups excluding carboxylic acids is 1. The average molecular weight is 287 g/mol. The molecule has 1 aliphatic rings. The molecule has 0 spiro atoms. The molecule has 5 heteroatoms. The second kappa shape index (κ2) is 4.93. The fraction of sp³-hybridized carbons (Fsp3) is 0.364. The SMILES string of the molecule is O=C1CNCCN1Cc1cc(F)cc(Br)c1. The Labute approximate surface area is 102 Å². The van der Waals surface area contributed by atoms with Gasteiger partial charge in [0.2, 0.25) is 5.91 Å². The van der Waals surface area contributed by atoms with Crippen molar-refractivity contribution in [3.05, 3.63) is 34.1 Å². The number of rotatable bonds is 2. The van der Waals surface area contributed by atoms with Gasteiger partial charge in [-0.15, -0.1) is 0 Å². The maximum atomic E-state index is 13.1. The second-order valence-electron chi connectivity index (χ2n) is 3.77. The monoisotopic (exact) mass is 286 g/mol. The van der Waals surface area contributed by atoms with E-state index in [-0.39, 0.29) is 11.7 Å². The van der Waals surface area contributed by atoms with Gasteiger partial charge in [0, 0.05) is 24.1 Å². The van der Waals surface area contributed by atoms with Crippen LogP contribution in [0.1, 0.15) is 5.56 Å². The minimum Gasteiger partial charge on any atom is -0.336 e. The van der Waals surface area contributed by atoms with Crippen molar-refractivity contribution in [1.29, 1.82) is 0 Å². The van der Waals surface area contributed by atoms with E-state index >= 15 is 0 Å². The first kappa shape index (κ1) is 11.5. The number of piperazine rings is 1. The Morgan fingerprint density at radius 2 is 2.25 bits per heavy atom. The molecule has 1 fully saturated rings. The summed E-state index contributed by atoms with van der Waals surface area (Å²) in [5.41, 5.74) is 0.808. The van der Waals surface area contributed by atoms with Crippen LogP contribution in [0.15, 0.2) is 22.7 Å². The number of benzene rings is 1. The molecule has 1 heterocycles. The molecule has 0 saturated carbocycles. The first-order valence-electron chi connectivity index (χ1n) is 5.08. The normalized spacial score (nSPS) is 16.6. The van der Waals surface area contributed by atoms with E-state index in [2.05, 4.69) is 21.2 Å². The summed E-state index contributed by atoms with van der Waals surface area (Å²) >= 11 is 3.24. The first-order chi connectivity index (χ1) is 7.65. The lowest BCUT2D eigenvalue weighted by Crippen LogP contribution is -2.47. The number of hydrogen-bond donors (Lipinski definition) is 1. The number of nitrogens with one attached hydrogen (secondary N) is 1. The van der Waals surface area contributed by atoms with Crippen molar-refractivity contribution in [2.75, 3.05) is 19.6 Å². The van der Waals surface area contributed by atoms with Crippen molar-refractivity contribution < 1.29 is 9.18 Å². The van der Waals surface area contributed by atoms with Gasteiger partial charge in [0.15, 0.2) is 0 Å². The van der Waals surface area contributed by atoms with Gasteiger partial charge >= 0.3 is 0 Å². The fourth-order valence-corrected chi connectivity index (χ4v) is 2.25. The van der Waals surface area contributed by atoms with E-state index in [1.807, 2.05) is 6.07 Å². The highest BCUT2D eigenvalue weighted by Gasteiger charge is 2.17. The molecule has 0 aliphatic carbocycles. The summed E-state index contributed by atoms with van der Waals surface area (Å²) in [6.07, 6.45) is 0. The van der Waals surface area contributed by atoms with Crippen LogP contribution in [0.3, 0.4) is 0 Å². The molecule has 1 amide bonds. The predicted molar refractivity (Wildman–Crippen MR) is 62.4 cm³/mol. The zero-order valence-electron chi connectivity index (χ0n) is 8.67. The van der Waals surface area contributed by atoms with E-state index in [0.29, 0.717) is 24.1 Å². The van der Waals surface area contributed by atoms with E-state index in [4.69, 9.17) is 0 Å². The summed E-state index contributed by atoms with van der Waals surface area (Å²) in [4.78, 5) is 13.3. The molecule has 1 aromatic carbocycles. The summed E-state index contributed by atoms with van der Waals surface area (Å²) in [6.45, 7) is 2.31. The lowest BCUT2D eigenvalue weighted by Gasteiger charge is -2.27. The Kier molecular flexibility index (Phi) is 3.56. The van der Waals surface area contributed by atoms with E-state index < -0.39 is 0 Å². The highest BCUT2D eigenvalue weighted by molar-refractivity contribution is 9.10. The summed E-state index contributed by atoms with van der Waals surface area (Å²) in [6, 6.07) is 4.70. The highest BCUT2D eigenvalue weighted by atomic mass is 79.9. The molecular formula is C11H12BrFN2O. The third-order valence-electron chi connectivity index (χ3n) is 2.48. The largest absolute Gasteiger partial charge is 0.336 e. The van der Waals surface area contributed by atoms with Crippen molar-refractivity contribution in [2.45, 2.75) is 6.54 Å². The van der Waals surface area contributed by atoms with Crippen LogP contribution in [0.2, 0.25) is 0 Å². The molecule has 1 aromatic rings. The smallest absolute Gasteiger partial charge is 0.236 e. The maximum absolute atomic E-state index is 13.1. The molecule has 2 rings (SSSR count). The summed E-state index contributed by atoms with van der Waals surface area (Å²) < 4.78 is 13.8. The van der Waals surface area contributed by atoms with Crippen LogP contribution in [-0.4, -0.2) is 30.4 Å². The molecule has 0 bridgehead atoms. The number of amides is 1. The minimum atomic E-state index is -0.285. The molecule has 0 atom stereocenters. The van der Waals surface area contributed by atoms with Crippen molar-refractivity contribution in [3.63, 3.8) is 0 Å². The Balaban J connectivity index is 2.10.